The predicted octanol–water partition coefficient (Wildman–Crippen LogP) is 4.44. The zero-order valence-electron chi connectivity index (χ0n) is 18.2. The van der Waals surface area contributed by atoms with Crippen molar-refractivity contribution in [1.82, 2.24) is 9.29 Å². The zero-order valence-corrected chi connectivity index (χ0v) is 20.6. The number of rotatable bonds is 6. The fourth-order valence-corrected chi connectivity index (χ4v) is 6.23. The van der Waals surface area contributed by atoms with Crippen LogP contribution >= 0.6 is 22.9 Å². The van der Waals surface area contributed by atoms with Gasteiger partial charge in [0.15, 0.2) is 5.13 Å². The van der Waals surface area contributed by atoms with Gasteiger partial charge >= 0.3 is 0 Å². The van der Waals surface area contributed by atoms with Gasteiger partial charge in [0.1, 0.15) is 0 Å². The molecule has 1 aliphatic rings. The summed E-state index contributed by atoms with van der Waals surface area (Å²) in [5, 5.41) is 3.95. The molecule has 2 unspecified atom stereocenters. The lowest BCUT2D eigenvalue weighted by Crippen LogP contribution is -2.48. The Labute approximate surface area is 202 Å². The van der Waals surface area contributed by atoms with E-state index in [1.807, 2.05) is 38.1 Å². The normalized spacial score (nSPS) is 19.4. The van der Waals surface area contributed by atoms with E-state index >= 15 is 0 Å². The van der Waals surface area contributed by atoms with Crippen LogP contribution in [0.4, 0.5) is 5.13 Å². The van der Waals surface area contributed by atoms with E-state index in [2.05, 4.69) is 10.3 Å². The van der Waals surface area contributed by atoms with E-state index in [9.17, 15) is 13.2 Å². The van der Waals surface area contributed by atoms with E-state index in [1.54, 1.807) is 6.20 Å². The summed E-state index contributed by atoms with van der Waals surface area (Å²) in [6.45, 7) is 4.31. The van der Waals surface area contributed by atoms with Gasteiger partial charge < -0.3 is 4.74 Å². The molecular weight excluding hydrogens is 482 g/mol. The molecule has 1 aliphatic heterocycles. The summed E-state index contributed by atoms with van der Waals surface area (Å²) in [6, 6.07) is 13.5. The van der Waals surface area contributed by atoms with Crippen molar-refractivity contribution < 1.29 is 17.9 Å². The second kappa shape index (κ2) is 9.90. The molecule has 1 fully saturated rings. The molecule has 1 aromatic heterocycles. The van der Waals surface area contributed by atoms with Crippen molar-refractivity contribution in [3.63, 3.8) is 0 Å². The van der Waals surface area contributed by atoms with Gasteiger partial charge in [0, 0.05) is 41.2 Å². The minimum atomic E-state index is -3.66. The second-order valence-electron chi connectivity index (χ2n) is 7.99. The van der Waals surface area contributed by atoms with Gasteiger partial charge in [-0.2, -0.15) is 4.31 Å². The Balaban J connectivity index is 1.40. The number of sulfonamides is 1. The standard InChI is InChI=1S/C23H24ClN3O4S2/c1-15-13-27(14-16(2)31-15)33(29,30)21-9-5-18(6-10-21)22(28)26-23-25-12-20(32-23)11-17-3-7-19(24)8-4-17/h3-10,12,15-16H,11,13-14H2,1-2H3,(H,25,26,28). The van der Waals surface area contributed by atoms with Crippen LogP contribution in [-0.2, 0) is 21.2 Å². The smallest absolute Gasteiger partial charge is 0.257 e. The van der Waals surface area contributed by atoms with E-state index in [4.69, 9.17) is 16.3 Å². The van der Waals surface area contributed by atoms with Gasteiger partial charge in [-0.25, -0.2) is 13.4 Å². The average Bonchev–Trinajstić information content (AvgIpc) is 3.21. The van der Waals surface area contributed by atoms with Crippen LogP contribution in [0.1, 0.15) is 34.6 Å². The summed E-state index contributed by atoms with van der Waals surface area (Å²) in [7, 11) is -3.66. The molecular formula is C23H24ClN3O4S2. The maximum absolute atomic E-state index is 13.0. The Kier molecular flexibility index (Phi) is 7.16. The van der Waals surface area contributed by atoms with E-state index < -0.39 is 10.0 Å². The van der Waals surface area contributed by atoms with Gasteiger partial charge in [-0.15, -0.1) is 11.3 Å². The molecule has 0 saturated carbocycles. The number of thiazole rings is 1. The van der Waals surface area contributed by atoms with Crippen molar-refractivity contribution in [3.8, 4) is 0 Å². The molecule has 1 N–H and O–H groups in total. The van der Waals surface area contributed by atoms with Crippen LogP contribution < -0.4 is 5.32 Å². The van der Waals surface area contributed by atoms with Crippen molar-refractivity contribution in [3.05, 3.63) is 75.8 Å². The fourth-order valence-electron chi connectivity index (χ4n) is 3.67. The van der Waals surface area contributed by atoms with Crippen molar-refractivity contribution in [2.24, 2.45) is 0 Å². The molecule has 4 rings (SSSR count). The minimum absolute atomic E-state index is 0.153. The molecule has 2 heterocycles. The number of anilines is 1. The number of morpholine rings is 1. The van der Waals surface area contributed by atoms with Gasteiger partial charge in [-0.3, -0.25) is 10.1 Å². The molecule has 174 valence electrons. The Morgan fingerprint density at radius 2 is 1.76 bits per heavy atom. The van der Waals surface area contributed by atoms with Crippen LogP contribution in [0, 0.1) is 0 Å². The first kappa shape index (κ1) is 23.8. The molecule has 1 amide bonds. The van der Waals surface area contributed by atoms with E-state index in [-0.39, 0.29) is 23.0 Å². The third kappa shape index (κ3) is 5.80. The van der Waals surface area contributed by atoms with Crippen LogP contribution in [0.2, 0.25) is 5.02 Å². The number of amides is 1. The van der Waals surface area contributed by atoms with Gasteiger partial charge in [0.25, 0.3) is 5.91 Å². The highest BCUT2D eigenvalue weighted by atomic mass is 35.5. The number of carbonyl (C=O) groups excluding carboxylic acids is 1. The summed E-state index contributed by atoms with van der Waals surface area (Å²) >= 11 is 7.31. The number of benzene rings is 2. The summed E-state index contributed by atoms with van der Waals surface area (Å²) in [5.41, 5.74) is 1.45. The topological polar surface area (TPSA) is 88.6 Å². The van der Waals surface area contributed by atoms with Gasteiger partial charge in [0.05, 0.1) is 17.1 Å². The van der Waals surface area contributed by atoms with Crippen molar-refractivity contribution in [2.45, 2.75) is 37.4 Å². The Morgan fingerprint density at radius 3 is 2.39 bits per heavy atom. The molecule has 10 heteroatoms. The summed E-state index contributed by atoms with van der Waals surface area (Å²) in [6.07, 6.45) is 2.08. The Bertz CT molecular complexity index is 1220. The Hall–Kier alpha value is -2.30. The van der Waals surface area contributed by atoms with Crippen molar-refractivity contribution >= 4 is 44.0 Å². The number of aromatic nitrogens is 1. The van der Waals surface area contributed by atoms with E-state index in [1.165, 1.54) is 39.9 Å². The molecule has 2 aromatic carbocycles. The lowest BCUT2D eigenvalue weighted by molar-refractivity contribution is -0.0440. The number of ether oxygens (including phenoxy) is 1. The maximum atomic E-state index is 13.0. The van der Waals surface area contributed by atoms with Crippen LogP contribution in [0.15, 0.2) is 59.6 Å². The third-order valence-electron chi connectivity index (χ3n) is 5.21. The van der Waals surface area contributed by atoms with E-state index in [0.29, 0.717) is 35.2 Å². The molecule has 2 atom stereocenters. The number of nitrogens with one attached hydrogen (secondary N) is 1. The molecule has 7 nitrogen and oxygen atoms in total. The molecule has 0 radical (unpaired) electrons. The average molecular weight is 506 g/mol. The quantitative estimate of drug-likeness (QED) is 0.535. The molecule has 0 spiro atoms. The second-order valence-corrected chi connectivity index (χ2v) is 11.5. The largest absolute Gasteiger partial charge is 0.373 e. The molecule has 3 aromatic rings. The molecule has 33 heavy (non-hydrogen) atoms. The Morgan fingerprint density at radius 1 is 1.12 bits per heavy atom. The SMILES string of the molecule is CC1CN(S(=O)(=O)c2ccc(C(=O)Nc3ncc(Cc4ccc(Cl)cc4)s3)cc2)CC(C)O1. The van der Waals surface area contributed by atoms with Crippen LogP contribution in [0.25, 0.3) is 0 Å². The number of carbonyl (C=O) groups is 1. The highest BCUT2D eigenvalue weighted by molar-refractivity contribution is 7.89. The summed E-state index contributed by atoms with van der Waals surface area (Å²) in [5.74, 6) is -0.347. The van der Waals surface area contributed by atoms with Crippen LogP contribution in [0.5, 0.6) is 0 Å². The third-order valence-corrected chi connectivity index (χ3v) is 8.22. The summed E-state index contributed by atoms with van der Waals surface area (Å²) < 4.78 is 33.0. The fraction of sp³-hybridized carbons (Fsp3) is 0.304. The lowest BCUT2D eigenvalue weighted by Gasteiger charge is -2.34. The number of hydrogen-bond donors (Lipinski definition) is 1. The monoisotopic (exact) mass is 505 g/mol. The highest BCUT2D eigenvalue weighted by Gasteiger charge is 2.32. The van der Waals surface area contributed by atoms with E-state index in [0.717, 1.165) is 10.4 Å². The first-order chi connectivity index (χ1) is 15.7. The first-order valence-corrected chi connectivity index (χ1v) is 13.1. The minimum Gasteiger partial charge on any atom is -0.373 e. The zero-order chi connectivity index (χ0) is 23.6. The number of hydrogen-bond acceptors (Lipinski definition) is 6. The number of nitrogens with zero attached hydrogens (tertiary/aromatic N) is 2. The van der Waals surface area contributed by atoms with Crippen LogP contribution in [-0.4, -0.2) is 48.9 Å². The van der Waals surface area contributed by atoms with Gasteiger partial charge in [0.2, 0.25) is 10.0 Å². The molecule has 1 saturated heterocycles. The van der Waals surface area contributed by atoms with Gasteiger partial charge in [-0.1, -0.05) is 23.7 Å². The molecule has 0 bridgehead atoms. The summed E-state index contributed by atoms with van der Waals surface area (Å²) in [4.78, 5) is 18.1. The van der Waals surface area contributed by atoms with Crippen LogP contribution in [0.3, 0.4) is 0 Å². The predicted molar refractivity (Wildman–Crippen MR) is 130 cm³/mol. The van der Waals surface area contributed by atoms with Crippen molar-refractivity contribution in [2.75, 3.05) is 18.4 Å². The molecule has 0 aliphatic carbocycles. The highest BCUT2D eigenvalue weighted by Crippen LogP contribution is 2.24. The lowest BCUT2D eigenvalue weighted by atomic mass is 10.1. The van der Waals surface area contributed by atoms with Crippen molar-refractivity contribution in [1.29, 1.82) is 0 Å². The van der Waals surface area contributed by atoms with Gasteiger partial charge in [-0.05, 0) is 55.8 Å². The first-order valence-electron chi connectivity index (χ1n) is 10.5. The number of halogens is 1. The maximum Gasteiger partial charge on any atom is 0.257 e.